The second-order valence-corrected chi connectivity index (χ2v) is 11.0. The highest BCUT2D eigenvalue weighted by Gasteiger charge is 2.46. The maximum absolute atomic E-state index is 5.53. The van der Waals surface area contributed by atoms with Crippen molar-refractivity contribution in [3.8, 4) is 0 Å². The van der Waals surface area contributed by atoms with Crippen LogP contribution in [0.3, 0.4) is 0 Å². The Morgan fingerprint density at radius 3 is 1.08 bits per heavy atom. The third-order valence-electron chi connectivity index (χ3n) is 4.20. The van der Waals surface area contributed by atoms with Gasteiger partial charge in [-0.25, -0.2) is 0 Å². The molecule has 0 aromatic rings. The van der Waals surface area contributed by atoms with Crippen LogP contribution in [-0.2, 0) is 26.6 Å². The Morgan fingerprint density at radius 2 is 0.880 bits per heavy atom. The van der Waals surface area contributed by atoms with Gasteiger partial charge in [-0.15, -0.1) is 0 Å². The normalized spacial score (nSPS) is 13.2. The van der Waals surface area contributed by atoms with Crippen molar-refractivity contribution in [3.63, 3.8) is 0 Å². The lowest BCUT2D eigenvalue weighted by atomic mass is 10.5. The van der Waals surface area contributed by atoms with E-state index in [9.17, 15) is 0 Å². The van der Waals surface area contributed by atoms with E-state index in [0.717, 1.165) is 39.3 Å². The Hall–Kier alpha value is 0.0738. The van der Waals surface area contributed by atoms with E-state index in [1.54, 1.807) is 42.7 Å². The van der Waals surface area contributed by atoms with Crippen molar-refractivity contribution in [2.24, 2.45) is 0 Å². The molecule has 0 saturated heterocycles. The number of nitrogens with one attached hydrogen (secondary N) is 1. The summed E-state index contributed by atoms with van der Waals surface area (Å²) in [4.78, 5) is 0. The molecule has 0 amide bonds. The molecule has 0 aromatic carbocycles. The van der Waals surface area contributed by atoms with Crippen molar-refractivity contribution in [1.29, 1.82) is 0 Å². The highest BCUT2D eigenvalue weighted by Crippen LogP contribution is 2.13. The molecule has 0 bridgehead atoms. The van der Waals surface area contributed by atoms with Crippen LogP contribution in [0.25, 0.3) is 0 Å². The van der Waals surface area contributed by atoms with E-state index in [1.165, 1.54) is 0 Å². The van der Waals surface area contributed by atoms with E-state index >= 15 is 0 Å². The molecule has 0 atom stereocenters. The summed E-state index contributed by atoms with van der Waals surface area (Å²) in [5.41, 5.74) is 0. The molecule has 0 unspecified atom stereocenters. The van der Waals surface area contributed by atoms with Gasteiger partial charge in [0, 0.05) is 68.8 Å². The summed E-state index contributed by atoms with van der Waals surface area (Å²) >= 11 is 0. The van der Waals surface area contributed by atoms with Crippen LogP contribution in [-0.4, -0.2) is 109 Å². The largest absolute Gasteiger partial charge is 0.598 e. The maximum atomic E-state index is 5.53. The summed E-state index contributed by atoms with van der Waals surface area (Å²) in [5.74, 6) is 0. The van der Waals surface area contributed by atoms with E-state index in [2.05, 4.69) is 28.3 Å². The number of hydrogen-bond donors (Lipinski definition) is 1. The molecule has 11 heteroatoms. The van der Waals surface area contributed by atoms with Gasteiger partial charge in [-0.3, -0.25) is 9.13 Å². The molecule has 0 heterocycles. The first-order valence-corrected chi connectivity index (χ1v) is 11.9. The maximum Gasteiger partial charge on any atom is 0.598 e. The molecular formula is C14H37N3O6Si2. The summed E-state index contributed by atoms with van der Waals surface area (Å²) in [6, 6.07) is 0. The van der Waals surface area contributed by atoms with Gasteiger partial charge in [-0.1, -0.05) is 13.8 Å². The Bertz CT molecular complexity index is 289. The van der Waals surface area contributed by atoms with Gasteiger partial charge in [0.05, 0.1) is 0 Å². The first kappa shape index (κ1) is 25.1. The van der Waals surface area contributed by atoms with Crippen molar-refractivity contribution < 1.29 is 26.6 Å². The molecule has 0 spiro atoms. The second kappa shape index (κ2) is 13.3. The van der Waals surface area contributed by atoms with Crippen molar-refractivity contribution >= 4 is 17.9 Å². The van der Waals surface area contributed by atoms with Gasteiger partial charge in [0.25, 0.3) is 0 Å². The van der Waals surface area contributed by atoms with Gasteiger partial charge in [-0.2, -0.15) is 0 Å². The average Bonchev–Trinajstić information content (AvgIpc) is 2.67. The molecule has 0 radical (unpaired) electrons. The topological polar surface area (TPSA) is 73.9 Å². The lowest BCUT2D eigenvalue weighted by Crippen LogP contribution is -2.61. The minimum Gasteiger partial charge on any atom is -0.364 e. The zero-order valence-corrected chi connectivity index (χ0v) is 19.1. The Balaban J connectivity index is 4.47. The number of hydrogen-bond acceptors (Lipinski definition) is 9. The Morgan fingerprint density at radius 1 is 0.600 bits per heavy atom. The predicted molar refractivity (Wildman–Crippen MR) is 101 cm³/mol. The molecule has 0 rings (SSSR count). The zero-order valence-electron chi connectivity index (χ0n) is 17.1. The molecule has 152 valence electrons. The molecule has 0 aromatic heterocycles. The smallest absolute Gasteiger partial charge is 0.364 e. The van der Waals surface area contributed by atoms with Crippen LogP contribution in [0.4, 0.5) is 0 Å². The van der Waals surface area contributed by atoms with Crippen LogP contribution in [0.1, 0.15) is 13.8 Å². The van der Waals surface area contributed by atoms with Gasteiger partial charge < -0.3 is 31.9 Å². The lowest BCUT2D eigenvalue weighted by Gasteiger charge is -2.35. The summed E-state index contributed by atoms with van der Waals surface area (Å²) in [5, 5.41) is 3.43. The van der Waals surface area contributed by atoms with E-state index in [-0.39, 0.29) is 0 Å². The van der Waals surface area contributed by atoms with Crippen LogP contribution in [0.2, 0.25) is 0 Å². The molecular weight excluding hydrogens is 362 g/mol. The van der Waals surface area contributed by atoms with Crippen LogP contribution in [0.15, 0.2) is 0 Å². The van der Waals surface area contributed by atoms with Gasteiger partial charge in [0.1, 0.15) is 0 Å². The molecule has 25 heavy (non-hydrogen) atoms. The van der Waals surface area contributed by atoms with Crippen molar-refractivity contribution in [1.82, 2.24) is 14.4 Å². The summed E-state index contributed by atoms with van der Waals surface area (Å²) in [6.45, 7) is 8.82. The van der Waals surface area contributed by atoms with Gasteiger partial charge >= 0.3 is 17.9 Å². The van der Waals surface area contributed by atoms with Gasteiger partial charge in [-0.05, 0) is 13.1 Å². The fraction of sp³-hybridized carbons (Fsp3) is 1.00. The standard InChI is InChI=1S/C14H37N3O6Si2/c1-9-16(24(18-3,19-4)20-5)13-11-15-12-14-17(10-2)25(21-6,22-7)23-8/h15H,9-14H2,1-8H3. The number of likely N-dealkylation sites (N-methyl/N-ethyl adjacent to an activating group) is 2. The van der Waals surface area contributed by atoms with Crippen LogP contribution in [0, 0.1) is 0 Å². The molecule has 0 fully saturated rings. The zero-order chi connectivity index (χ0) is 19.3. The fourth-order valence-electron chi connectivity index (χ4n) is 2.81. The first-order valence-electron chi connectivity index (χ1n) is 8.51. The lowest BCUT2D eigenvalue weighted by molar-refractivity contribution is 0.0576. The third kappa shape index (κ3) is 6.63. The van der Waals surface area contributed by atoms with E-state index in [0.29, 0.717) is 0 Å². The van der Waals surface area contributed by atoms with Gasteiger partial charge in [0.15, 0.2) is 0 Å². The Kier molecular flexibility index (Phi) is 13.3. The predicted octanol–water partition coefficient (Wildman–Crippen LogP) is -0.0306. The molecule has 0 aliphatic heterocycles. The monoisotopic (exact) mass is 399 g/mol. The van der Waals surface area contributed by atoms with Crippen LogP contribution in [0.5, 0.6) is 0 Å². The molecule has 9 nitrogen and oxygen atoms in total. The summed E-state index contributed by atoms with van der Waals surface area (Å²) in [6.07, 6.45) is 0. The number of rotatable bonds is 16. The van der Waals surface area contributed by atoms with Crippen molar-refractivity contribution in [2.75, 3.05) is 81.9 Å². The summed E-state index contributed by atoms with van der Waals surface area (Å²) in [7, 11) is 4.24. The molecule has 0 saturated carbocycles. The molecule has 1 N–H and O–H groups in total. The second-order valence-electron chi connectivity index (χ2n) is 5.18. The van der Waals surface area contributed by atoms with Gasteiger partial charge in [0.2, 0.25) is 0 Å². The SMILES string of the molecule is CCN(CCNCCN(CC)[Si](OC)(OC)OC)[Si](OC)(OC)OC. The quantitative estimate of drug-likeness (QED) is 0.284. The van der Waals surface area contributed by atoms with Crippen molar-refractivity contribution in [2.45, 2.75) is 13.8 Å². The highest BCUT2D eigenvalue weighted by atomic mass is 28.4. The number of nitrogens with zero attached hydrogens (tertiary/aromatic N) is 2. The van der Waals surface area contributed by atoms with E-state index in [1.807, 2.05) is 0 Å². The third-order valence-corrected chi connectivity index (χ3v) is 9.93. The minimum absolute atomic E-state index is 0.770. The summed E-state index contributed by atoms with van der Waals surface area (Å²) < 4.78 is 37.4. The van der Waals surface area contributed by atoms with E-state index < -0.39 is 17.9 Å². The highest BCUT2D eigenvalue weighted by molar-refractivity contribution is 6.57. The molecule has 0 aliphatic carbocycles. The molecule has 0 aliphatic rings. The first-order chi connectivity index (χ1) is 12.0. The fourth-order valence-corrected chi connectivity index (χ4v) is 6.90. The van der Waals surface area contributed by atoms with Crippen LogP contribution < -0.4 is 5.32 Å². The minimum atomic E-state index is -2.75. The Labute approximate surface area is 155 Å². The van der Waals surface area contributed by atoms with E-state index in [4.69, 9.17) is 26.6 Å². The van der Waals surface area contributed by atoms with Crippen molar-refractivity contribution in [3.05, 3.63) is 0 Å². The van der Waals surface area contributed by atoms with Crippen LogP contribution >= 0.6 is 0 Å². The average molecular weight is 400 g/mol.